The van der Waals surface area contributed by atoms with E-state index in [0.29, 0.717) is 0 Å². The Labute approximate surface area is 245 Å². The van der Waals surface area contributed by atoms with E-state index in [0.717, 1.165) is 0 Å². The second-order valence-electron chi connectivity index (χ2n) is 11.7. The third-order valence-corrected chi connectivity index (χ3v) is 13.0. The molecule has 0 atom stereocenters. The number of carbonyl (C=O) groups excluding carboxylic acids is 1. The number of hydrogen-bond donors (Lipinski definition) is 0. The van der Waals surface area contributed by atoms with Gasteiger partial charge in [-0.1, -0.05) is 11.6 Å². The molecule has 3 rings (SSSR count). The molecular weight excluding hydrogens is 632 g/mol. The number of halogens is 7. The molecule has 1 amide bonds. The van der Waals surface area contributed by atoms with Crippen molar-refractivity contribution in [3.63, 3.8) is 0 Å². The minimum absolute atomic E-state index is 0.0250. The topological polar surface area (TPSA) is 88.6 Å². The van der Waals surface area contributed by atoms with E-state index < -0.39 is 69.4 Å². The maximum absolute atomic E-state index is 13.5. The summed E-state index contributed by atoms with van der Waals surface area (Å²) in [6, 6.07) is 4.02. The van der Waals surface area contributed by atoms with Gasteiger partial charge in [-0.25, -0.2) is 16.8 Å². The molecule has 2 aromatic rings. The summed E-state index contributed by atoms with van der Waals surface area (Å²) in [6.07, 6.45) is -10.3. The van der Waals surface area contributed by atoms with E-state index in [9.17, 15) is 48.0 Å². The van der Waals surface area contributed by atoms with Crippen molar-refractivity contribution in [3.8, 4) is 0 Å². The van der Waals surface area contributed by atoms with Crippen LogP contribution in [-0.4, -0.2) is 50.2 Å². The van der Waals surface area contributed by atoms with E-state index in [1.54, 1.807) is 0 Å². The second kappa shape index (κ2) is 11.0. The first-order chi connectivity index (χ1) is 18.8. The number of likely N-dealkylation sites (tertiary alicyclic amines) is 1. The lowest BCUT2D eigenvalue weighted by atomic mass is 9.85. The van der Waals surface area contributed by atoms with Gasteiger partial charge < -0.3 is 4.90 Å². The molecule has 0 radical (unpaired) electrons. The molecule has 234 valence electrons. The third-order valence-electron chi connectivity index (χ3n) is 7.62. The Bertz CT molecular complexity index is 1550. The fraction of sp³-hybridized carbons (Fsp3) is 0.519. The van der Waals surface area contributed by atoms with E-state index in [2.05, 4.69) is 0 Å². The van der Waals surface area contributed by atoms with Crippen LogP contribution in [0.15, 0.2) is 46.2 Å². The van der Waals surface area contributed by atoms with Crippen molar-refractivity contribution in [2.24, 2.45) is 5.92 Å². The first-order valence-corrected chi connectivity index (χ1v) is 16.0. The van der Waals surface area contributed by atoms with Crippen LogP contribution in [0.25, 0.3) is 0 Å². The van der Waals surface area contributed by atoms with Crippen molar-refractivity contribution in [3.05, 3.63) is 58.1 Å². The smallest absolute Gasteiger partial charge is 0.339 e. The maximum atomic E-state index is 13.5. The number of rotatable bonds is 5. The van der Waals surface area contributed by atoms with E-state index in [4.69, 9.17) is 11.6 Å². The number of benzene rings is 2. The number of piperidine rings is 1. The predicted octanol–water partition coefficient (Wildman–Crippen LogP) is 7.05. The number of carbonyl (C=O) groups is 1. The molecule has 0 N–H and O–H groups in total. The molecule has 15 heteroatoms. The van der Waals surface area contributed by atoms with Gasteiger partial charge in [-0.2, -0.15) is 26.3 Å². The zero-order valence-electron chi connectivity index (χ0n) is 23.3. The van der Waals surface area contributed by atoms with Gasteiger partial charge in [0.1, 0.15) is 0 Å². The Balaban J connectivity index is 1.85. The highest BCUT2D eigenvalue weighted by Gasteiger charge is 2.46. The van der Waals surface area contributed by atoms with Crippen LogP contribution in [0.3, 0.4) is 0 Å². The molecule has 0 aliphatic carbocycles. The fourth-order valence-electron chi connectivity index (χ4n) is 4.74. The van der Waals surface area contributed by atoms with Gasteiger partial charge in [0.05, 0.1) is 41.0 Å². The van der Waals surface area contributed by atoms with E-state index in [-0.39, 0.29) is 59.6 Å². The molecule has 1 fully saturated rings. The molecule has 0 bridgehead atoms. The summed E-state index contributed by atoms with van der Waals surface area (Å²) >= 11 is 6.27. The first-order valence-electron chi connectivity index (χ1n) is 12.7. The largest absolute Gasteiger partial charge is 0.416 e. The zero-order chi connectivity index (χ0) is 32.3. The van der Waals surface area contributed by atoms with E-state index >= 15 is 0 Å². The van der Waals surface area contributed by atoms with Crippen molar-refractivity contribution in [1.82, 2.24) is 4.90 Å². The Morgan fingerprint density at radius 2 is 1.24 bits per heavy atom. The highest BCUT2D eigenvalue weighted by molar-refractivity contribution is 7.93. The summed E-state index contributed by atoms with van der Waals surface area (Å²) in [6.45, 7) is 7.08. The van der Waals surface area contributed by atoms with Crippen LogP contribution in [0.1, 0.15) is 68.9 Å². The molecule has 1 aliphatic heterocycles. The lowest BCUT2D eigenvalue weighted by molar-refractivity contribution is -0.143. The van der Waals surface area contributed by atoms with E-state index in [1.165, 1.54) is 57.7 Å². The van der Waals surface area contributed by atoms with Crippen LogP contribution in [0.2, 0.25) is 5.02 Å². The van der Waals surface area contributed by atoms with Crippen LogP contribution >= 0.6 is 11.6 Å². The number of hydrogen-bond acceptors (Lipinski definition) is 5. The molecule has 0 spiro atoms. The molecule has 1 aliphatic rings. The Morgan fingerprint density at radius 1 is 0.762 bits per heavy atom. The van der Waals surface area contributed by atoms with Crippen molar-refractivity contribution in [2.45, 2.75) is 79.1 Å². The third kappa shape index (κ3) is 6.45. The summed E-state index contributed by atoms with van der Waals surface area (Å²) in [5.41, 5.74) is -3.44. The van der Waals surface area contributed by atoms with Gasteiger partial charge in [-0.3, -0.25) is 4.79 Å². The van der Waals surface area contributed by atoms with Crippen molar-refractivity contribution < 1.29 is 48.0 Å². The van der Waals surface area contributed by atoms with Crippen LogP contribution in [-0.2, 0) is 32.0 Å². The SMILES string of the molecule is CC(C)(C)S(=O)(=O)c1ccc(C(=O)N2CCC(C(C)(C)S(=O)(=O)c3cc(C(F)(F)F)cc(C(F)(F)F)c3)CC2)c(Cl)c1. The van der Waals surface area contributed by atoms with Crippen LogP contribution in [0.4, 0.5) is 26.3 Å². The summed E-state index contributed by atoms with van der Waals surface area (Å²) in [4.78, 5) is 13.4. The molecule has 1 heterocycles. The summed E-state index contributed by atoms with van der Waals surface area (Å²) < 4.78 is 130. The molecule has 42 heavy (non-hydrogen) atoms. The van der Waals surface area contributed by atoms with Crippen LogP contribution < -0.4 is 0 Å². The molecule has 0 saturated carbocycles. The molecule has 6 nitrogen and oxygen atoms in total. The van der Waals surface area contributed by atoms with Gasteiger partial charge >= 0.3 is 12.4 Å². The highest BCUT2D eigenvalue weighted by atomic mass is 35.5. The van der Waals surface area contributed by atoms with Crippen molar-refractivity contribution in [1.29, 1.82) is 0 Å². The Kier molecular flexibility index (Phi) is 8.94. The van der Waals surface area contributed by atoms with Gasteiger partial charge in [0.25, 0.3) is 5.91 Å². The maximum Gasteiger partial charge on any atom is 0.416 e. The fourth-order valence-corrected chi connectivity index (χ4v) is 8.14. The van der Waals surface area contributed by atoms with Gasteiger partial charge in [-0.05, 0) is 89.8 Å². The number of amides is 1. The minimum atomic E-state index is -5.21. The summed E-state index contributed by atoms with van der Waals surface area (Å²) in [5.74, 6) is -1.25. The lowest BCUT2D eigenvalue weighted by Crippen LogP contribution is -2.47. The summed E-state index contributed by atoms with van der Waals surface area (Å²) in [7, 11) is -8.45. The Hall–Kier alpha value is -2.32. The van der Waals surface area contributed by atoms with Crippen molar-refractivity contribution in [2.75, 3.05) is 13.1 Å². The predicted molar refractivity (Wildman–Crippen MR) is 145 cm³/mol. The zero-order valence-corrected chi connectivity index (χ0v) is 25.7. The van der Waals surface area contributed by atoms with Crippen LogP contribution in [0.5, 0.6) is 0 Å². The lowest BCUT2D eigenvalue weighted by Gasteiger charge is -2.40. The average molecular weight is 662 g/mol. The summed E-state index contributed by atoms with van der Waals surface area (Å²) in [5, 5.41) is -0.0969. The number of nitrogens with zero attached hydrogens (tertiary/aromatic N) is 1. The van der Waals surface area contributed by atoms with Gasteiger partial charge in [-0.15, -0.1) is 0 Å². The van der Waals surface area contributed by atoms with Gasteiger partial charge in [0, 0.05) is 13.1 Å². The second-order valence-corrected chi connectivity index (χ2v) is 17.3. The normalized spacial score (nSPS) is 16.5. The molecular formula is C27H30ClF6NO5S2. The standard InChI is InChI=1S/C27H30ClF6NO5S2/c1-24(2,3)41(37,38)19-6-7-21(22(28)15-19)23(36)35-10-8-16(9-11-35)25(4,5)42(39,40)20-13-17(26(29,30)31)12-18(14-20)27(32,33)34/h6-7,12-16H,8-11H2,1-5H3. The highest BCUT2D eigenvalue weighted by Crippen LogP contribution is 2.42. The average Bonchev–Trinajstić information content (AvgIpc) is 2.86. The first kappa shape index (κ1) is 34.2. The van der Waals surface area contributed by atoms with Gasteiger partial charge in [0.2, 0.25) is 0 Å². The minimum Gasteiger partial charge on any atom is -0.339 e. The van der Waals surface area contributed by atoms with E-state index in [1.807, 2.05) is 0 Å². The molecule has 0 aromatic heterocycles. The number of alkyl halides is 6. The van der Waals surface area contributed by atoms with Crippen LogP contribution in [0, 0.1) is 5.92 Å². The Morgan fingerprint density at radius 3 is 1.64 bits per heavy atom. The van der Waals surface area contributed by atoms with Crippen molar-refractivity contribution >= 4 is 37.2 Å². The number of sulfone groups is 2. The van der Waals surface area contributed by atoms with Gasteiger partial charge in [0.15, 0.2) is 19.7 Å². The molecule has 0 unspecified atom stereocenters. The molecule has 2 aromatic carbocycles. The quantitative estimate of drug-likeness (QED) is 0.321. The monoisotopic (exact) mass is 661 g/mol. The molecule has 1 saturated heterocycles.